The fourth-order valence-electron chi connectivity index (χ4n) is 4.02. The molecule has 0 spiro atoms. The number of hydrogen-bond donors (Lipinski definition) is 1. The standard InChI is InChI=1S/C17H34N2O/c1-15(2)8-11-19(16-6-3-4-7-16)17(14-18)9-5-12-20-13-10-17/h15-16H,3-14,18H2,1-2H3. The van der Waals surface area contributed by atoms with Gasteiger partial charge >= 0.3 is 0 Å². The molecule has 0 aromatic rings. The number of rotatable bonds is 6. The summed E-state index contributed by atoms with van der Waals surface area (Å²) in [4.78, 5) is 2.81. The van der Waals surface area contributed by atoms with Crippen molar-refractivity contribution in [2.75, 3.05) is 26.3 Å². The summed E-state index contributed by atoms with van der Waals surface area (Å²) in [6.07, 6.45) is 10.4. The van der Waals surface area contributed by atoms with Gasteiger partial charge in [-0.3, -0.25) is 4.90 Å². The van der Waals surface area contributed by atoms with Crippen LogP contribution in [0, 0.1) is 5.92 Å². The van der Waals surface area contributed by atoms with Crippen LogP contribution in [0.1, 0.15) is 65.2 Å². The zero-order valence-electron chi connectivity index (χ0n) is 13.6. The number of nitrogens with zero attached hydrogens (tertiary/aromatic N) is 1. The minimum atomic E-state index is 0.209. The second kappa shape index (κ2) is 7.77. The van der Waals surface area contributed by atoms with Crippen LogP contribution in [0.15, 0.2) is 0 Å². The van der Waals surface area contributed by atoms with E-state index in [2.05, 4.69) is 18.7 Å². The first-order valence-electron chi connectivity index (χ1n) is 8.72. The molecule has 1 aliphatic carbocycles. The molecule has 118 valence electrons. The molecular weight excluding hydrogens is 248 g/mol. The fourth-order valence-corrected chi connectivity index (χ4v) is 4.02. The summed E-state index contributed by atoms with van der Waals surface area (Å²) in [5.74, 6) is 0.774. The van der Waals surface area contributed by atoms with E-state index in [1.54, 1.807) is 0 Å². The maximum Gasteiger partial charge on any atom is 0.0484 e. The molecule has 2 N–H and O–H groups in total. The van der Waals surface area contributed by atoms with Gasteiger partial charge in [0.05, 0.1) is 0 Å². The molecule has 0 aromatic carbocycles. The first-order chi connectivity index (χ1) is 9.68. The average molecular weight is 282 g/mol. The molecule has 2 rings (SSSR count). The quantitative estimate of drug-likeness (QED) is 0.813. The molecule has 1 heterocycles. The molecular formula is C17H34N2O. The highest BCUT2D eigenvalue weighted by Gasteiger charge is 2.40. The molecule has 3 heteroatoms. The van der Waals surface area contributed by atoms with Gasteiger partial charge in [-0.1, -0.05) is 26.7 Å². The summed E-state index contributed by atoms with van der Waals surface area (Å²) < 4.78 is 5.71. The van der Waals surface area contributed by atoms with E-state index >= 15 is 0 Å². The molecule has 2 fully saturated rings. The lowest BCUT2D eigenvalue weighted by Crippen LogP contribution is -2.58. The number of ether oxygens (including phenoxy) is 1. The lowest BCUT2D eigenvalue weighted by atomic mass is 9.86. The van der Waals surface area contributed by atoms with Gasteiger partial charge in [0.25, 0.3) is 0 Å². The molecule has 20 heavy (non-hydrogen) atoms. The lowest BCUT2D eigenvalue weighted by Gasteiger charge is -2.47. The Morgan fingerprint density at radius 3 is 2.55 bits per heavy atom. The molecule has 1 saturated heterocycles. The third-order valence-corrected chi connectivity index (χ3v) is 5.34. The number of nitrogens with two attached hydrogens (primary N) is 1. The van der Waals surface area contributed by atoms with Crippen molar-refractivity contribution in [2.24, 2.45) is 11.7 Å². The number of hydrogen-bond acceptors (Lipinski definition) is 3. The highest BCUT2D eigenvalue weighted by atomic mass is 16.5. The van der Waals surface area contributed by atoms with E-state index in [0.717, 1.165) is 38.1 Å². The second-order valence-electron chi connectivity index (χ2n) is 7.21. The summed E-state index contributed by atoms with van der Waals surface area (Å²) >= 11 is 0. The molecule has 0 amide bonds. The zero-order valence-corrected chi connectivity index (χ0v) is 13.6. The van der Waals surface area contributed by atoms with Gasteiger partial charge < -0.3 is 10.5 Å². The van der Waals surface area contributed by atoms with Crippen molar-refractivity contribution in [1.82, 2.24) is 4.90 Å². The monoisotopic (exact) mass is 282 g/mol. The van der Waals surface area contributed by atoms with E-state index in [0.29, 0.717) is 0 Å². The van der Waals surface area contributed by atoms with E-state index in [-0.39, 0.29) is 5.54 Å². The Morgan fingerprint density at radius 1 is 1.15 bits per heavy atom. The molecule has 1 atom stereocenters. The van der Waals surface area contributed by atoms with Crippen LogP contribution in [0.2, 0.25) is 0 Å². The average Bonchev–Trinajstić information content (AvgIpc) is 2.84. The predicted molar refractivity (Wildman–Crippen MR) is 84.9 cm³/mol. The maximum atomic E-state index is 6.29. The topological polar surface area (TPSA) is 38.5 Å². The minimum absolute atomic E-state index is 0.209. The Labute approximate surface area is 125 Å². The van der Waals surface area contributed by atoms with Crippen LogP contribution >= 0.6 is 0 Å². The van der Waals surface area contributed by atoms with Crippen molar-refractivity contribution >= 4 is 0 Å². The SMILES string of the molecule is CC(C)CCN(C1CCCC1)C1(CN)CCCOCC1. The molecule has 0 aromatic heterocycles. The van der Waals surface area contributed by atoms with Gasteiger partial charge in [-0.25, -0.2) is 0 Å². The summed E-state index contributed by atoms with van der Waals surface area (Å²) in [5, 5.41) is 0. The van der Waals surface area contributed by atoms with Gasteiger partial charge in [0.2, 0.25) is 0 Å². The molecule has 0 bridgehead atoms. The molecule has 1 saturated carbocycles. The van der Waals surface area contributed by atoms with E-state index in [9.17, 15) is 0 Å². The van der Waals surface area contributed by atoms with E-state index in [1.807, 2.05) is 0 Å². The molecule has 0 radical (unpaired) electrons. The largest absolute Gasteiger partial charge is 0.381 e. The normalized spacial score (nSPS) is 29.2. The van der Waals surface area contributed by atoms with Gasteiger partial charge in [-0.15, -0.1) is 0 Å². The van der Waals surface area contributed by atoms with Crippen molar-refractivity contribution in [3.05, 3.63) is 0 Å². The predicted octanol–water partition coefficient (Wildman–Crippen LogP) is 3.18. The van der Waals surface area contributed by atoms with Crippen LogP contribution in [-0.4, -0.2) is 42.8 Å². The van der Waals surface area contributed by atoms with Crippen molar-refractivity contribution in [3.63, 3.8) is 0 Å². The van der Waals surface area contributed by atoms with Crippen molar-refractivity contribution in [1.29, 1.82) is 0 Å². The summed E-state index contributed by atoms with van der Waals surface area (Å²) in [5.41, 5.74) is 6.49. The third-order valence-electron chi connectivity index (χ3n) is 5.34. The highest BCUT2D eigenvalue weighted by Crippen LogP contribution is 2.35. The summed E-state index contributed by atoms with van der Waals surface area (Å²) in [6.45, 7) is 8.49. The minimum Gasteiger partial charge on any atom is -0.381 e. The third kappa shape index (κ3) is 3.96. The van der Waals surface area contributed by atoms with Gasteiger partial charge in [0.15, 0.2) is 0 Å². The van der Waals surface area contributed by atoms with Crippen molar-refractivity contribution in [3.8, 4) is 0 Å². The van der Waals surface area contributed by atoms with Crippen molar-refractivity contribution < 1.29 is 4.74 Å². The Hall–Kier alpha value is -0.120. The summed E-state index contributed by atoms with van der Waals surface area (Å²) in [7, 11) is 0. The van der Waals surface area contributed by atoms with Crippen LogP contribution in [0.3, 0.4) is 0 Å². The lowest BCUT2D eigenvalue weighted by molar-refractivity contribution is 0.0270. The van der Waals surface area contributed by atoms with E-state index < -0.39 is 0 Å². The highest BCUT2D eigenvalue weighted by molar-refractivity contribution is 4.97. The van der Waals surface area contributed by atoms with Crippen molar-refractivity contribution in [2.45, 2.75) is 76.8 Å². The Kier molecular flexibility index (Phi) is 6.31. The second-order valence-corrected chi connectivity index (χ2v) is 7.21. The van der Waals surface area contributed by atoms with Crippen LogP contribution in [-0.2, 0) is 4.74 Å². The van der Waals surface area contributed by atoms with E-state index in [1.165, 1.54) is 51.5 Å². The van der Waals surface area contributed by atoms with Gasteiger partial charge in [-0.2, -0.15) is 0 Å². The Bertz CT molecular complexity index is 266. The summed E-state index contributed by atoms with van der Waals surface area (Å²) in [6, 6.07) is 0.774. The smallest absolute Gasteiger partial charge is 0.0484 e. The Balaban J connectivity index is 2.11. The van der Waals surface area contributed by atoms with Crippen LogP contribution in [0.4, 0.5) is 0 Å². The van der Waals surface area contributed by atoms with E-state index in [4.69, 9.17) is 10.5 Å². The zero-order chi connectivity index (χ0) is 14.4. The fraction of sp³-hybridized carbons (Fsp3) is 1.00. The van der Waals surface area contributed by atoms with Crippen LogP contribution < -0.4 is 5.73 Å². The molecule has 2 aliphatic rings. The van der Waals surface area contributed by atoms with Crippen LogP contribution in [0.5, 0.6) is 0 Å². The molecule has 3 nitrogen and oxygen atoms in total. The maximum absolute atomic E-state index is 6.29. The first kappa shape index (κ1) is 16.3. The van der Waals surface area contributed by atoms with Gasteiger partial charge in [0.1, 0.15) is 0 Å². The Morgan fingerprint density at radius 2 is 1.90 bits per heavy atom. The van der Waals surface area contributed by atoms with Gasteiger partial charge in [0, 0.05) is 31.3 Å². The van der Waals surface area contributed by atoms with Gasteiger partial charge in [-0.05, 0) is 51.0 Å². The first-order valence-corrected chi connectivity index (χ1v) is 8.72. The molecule has 1 aliphatic heterocycles. The van der Waals surface area contributed by atoms with Crippen LogP contribution in [0.25, 0.3) is 0 Å². The molecule has 1 unspecified atom stereocenters.